The first-order chi connectivity index (χ1) is 24.6. The number of hydrogen-bond acceptors (Lipinski definition) is 9. The number of guanidine groups is 1. The molecule has 1 aromatic heterocycles. The Balaban J connectivity index is 2.27. The fourth-order valence-electron chi connectivity index (χ4n) is 5.82. The Kier molecular flexibility index (Phi) is 18.0. The van der Waals surface area contributed by atoms with Crippen molar-refractivity contribution in [2.24, 2.45) is 22.4 Å². The zero-order valence-corrected chi connectivity index (χ0v) is 31.2. The topological polar surface area (TPSA) is 263 Å². The van der Waals surface area contributed by atoms with E-state index in [4.69, 9.17) is 11.5 Å². The molecule has 0 bridgehead atoms. The molecule has 1 aliphatic heterocycles. The van der Waals surface area contributed by atoms with Crippen LogP contribution in [0.2, 0.25) is 0 Å². The second-order valence-electron chi connectivity index (χ2n) is 13.2. The molecule has 17 heteroatoms. The van der Waals surface area contributed by atoms with E-state index in [1.807, 2.05) is 13.8 Å². The third-order valence-electron chi connectivity index (χ3n) is 8.98. The van der Waals surface area contributed by atoms with E-state index >= 15 is 0 Å². The molecule has 2 rings (SSSR count). The highest BCUT2D eigenvalue weighted by Crippen LogP contribution is 2.20. The van der Waals surface area contributed by atoms with Crippen LogP contribution in [0.15, 0.2) is 23.3 Å². The Hall–Kier alpha value is -4.80. The molecule has 0 radical (unpaired) electrons. The molecule has 1 aliphatic rings. The van der Waals surface area contributed by atoms with E-state index in [1.165, 1.54) is 24.1 Å². The minimum Gasteiger partial charge on any atom is -0.391 e. The Morgan fingerprint density at radius 1 is 0.942 bits per heavy atom. The molecule has 6 amide bonds. The molecule has 0 aliphatic carbocycles. The molecular weight excluding hydrogens is 672 g/mol. The van der Waals surface area contributed by atoms with Crippen molar-refractivity contribution in [3.63, 3.8) is 0 Å². The number of amides is 6. The first-order valence-electron chi connectivity index (χ1n) is 18.1. The summed E-state index contributed by atoms with van der Waals surface area (Å²) in [6.45, 7) is 11.3. The number of nitrogens with two attached hydrogens (primary N) is 2. The molecular formula is C35H58N10O7. The number of aryl methyl sites for hydroxylation is 1. The summed E-state index contributed by atoms with van der Waals surface area (Å²) in [6, 6.07) is -2.14. The molecule has 17 nitrogen and oxygen atoms in total. The Morgan fingerprint density at radius 3 is 2.19 bits per heavy atom. The van der Waals surface area contributed by atoms with Crippen LogP contribution >= 0.6 is 0 Å². The van der Waals surface area contributed by atoms with Crippen LogP contribution in [0.1, 0.15) is 95.6 Å². The molecule has 1 fully saturated rings. The lowest BCUT2D eigenvalue weighted by molar-refractivity contribution is -0.142. The molecule has 52 heavy (non-hydrogen) atoms. The number of pyridine rings is 1. The monoisotopic (exact) mass is 730 g/mol. The summed E-state index contributed by atoms with van der Waals surface area (Å²) in [4.78, 5) is 90.0. The summed E-state index contributed by atoms with van der Waals surface area (Å²) in [6.07, 6.45) is 2.83. The van der Waals surface area contributed by atoms with Crippen molar-refractivity contribution in [1.82, 2.24) is 36.5 Å². The Labute approximate surface area is 305 Å². The zero-order valence-electron chi connectivity index (χ0n) is 31.2. The van der Waals surface area contributed by atoms with Gasteiger partial charge in [0.2, 0.25) is 29.5 Å². The van der Waals surface area contributed by atoms with Crippen molar-refractivity contribution in [2.75, 3.05) is 19.6 Å². The summed E-state index contributed by atoms with van der Waals surface area (Å²) >= 11 is 0. The number of rotatable bonds is 20. The fourth-order valence-corrected chi connectivity index (χ4v) is 5.82. The second-order valence-corrected chi connectivity index (χ2v) is 13.2. The molecule has 2 heterocycles. The van der Waals surface area contributed by atoms with Crippen LogP contribution < -0.4 is 38.1 Å². The molecule has 10 N–H and O–H groups in total. The van der Waals surface area contributed by atoms with Gasteiger partial charge in [0.15, 0.2) is 5.96 Å². The lowest BCUT2D eigenvalue weighted by Gasteiger charge is -2.31. The smallest absolute Gasteiger partial charge is 0.253 e. The maximum Gasteiger partial charge on any atom is 0.253 e. The summed E-state index contributed by atoms with van der Waals surface area (Å²) < 4.78 is 0. The summed E-state index contributed by atoms with van der Waals surface area (Å²) in [7, 11) is 0. The van der Waals surface area contributed by atoms with Gasteiger partial charge in [-0.25, -0.2) is 0 Å². The van der Waals surface area contributed by atoms with E-state index in [2.05, 4.69) is 36.6 Å². The Morgan fingerprint density at radius 2 is 1.62 bits per heavy atom. The van der Waals surface area contributed by atoms with Crippen molar-refractivity contribution in [3.8, 4) is 0 Å². The number of nitrogens with zero attached hydrogens (tertiary/aromatic N) is 3. The molecule has 1 saturated heterocycles. The largest absolute Gasteiger partial charge is 0.391 e. The number of carbonyl (C=O) groups is 6. The highest BCUT2D eigenvalue weighted by molar-refractivity contribution is 5.99. The molecule has 7 atom stereocenters. The molecule has 1 aromatic rings. The quantitative estimate of drug-likeness (QED) is 0.0478. The van der Waals surface area contributed by atoms with Gasteiger partial charge in [-0.1, -0.05) is 33.6 Å². The molecule has 0 saturated carbocycles. The van der Waals surface area contributed by atoms with E-state index in [0.29, 0.717) is 50.9 Å². The Bertz CT molecular complexity index is 1400. The van der Waals surface area contributed by atoms with E-state index < -0.39 is 65.8 Å². The van der Waals surface area contributed by atoms with Crippen LogP contribution in [-0.2, 0) is 24.0 Å². The van der Waals surface area contributed by atoms with Crippen LogP contribution in [0.5, 0.6) is 0 Å². The summed E-state index contributed by atoms with van der Waals surface area (Å²) in [5, 5.41) is 23.9. The highest BCUT2D eigenvalue weighted by Gasteiger charge is 2.39. The number of carbonyl (C=O) groups excluding carboxylic acids is 6. The minimum absolute atomic E-state index is 0.109. The number of aliphatic hydroxyl groups excluding tert-OH is 1. The van der Waals surface area contributed by atoms with Crippen LogP contribution in [-0.4, -0.2) is 112 Å². The number of aliphatic hydroxyl groups is 1. The summed E-state index contributed by atoms with van der Waals surface area (Å²) in [5.41, 5.74) is 11.8. The van der Waals surface area contributed by atoms with Crippen molar-refractivity contribution < 1.29 is 33.9 Å². The van der Waals surface area contributed by atoms with Gasteiger partial charge in [-0.2, -0.15) is 0 Å². The standard InChI is InChI=1S/C35H58N10O7/c1-7-12-24(41-33(51)28(22(6)46)44-29(47)23-16-15-21(5)40-19-23)30(48)43-27(20(4)8-2)32(50)42-25(13-10-17-39-35(36)37)34(52)45-18-11-14-26(45)31(49)38-9-3/h15-16,19-20,22,24-28,46H,7-14,17-18H2,1-6H3,(H,38,49)(H,41,51)(H,42,50)(H,43,48)(H,44,47)(H4,36,37,39)/t20-,22+,24-,25-,26-,27-,28-/m0/s1. The van der Waals surface area contributed by atoms with Crippen molar-refractivity contribution in [3.05, 3.63) is 29.6 Å². The van der Waals surface area contributed by atoms with Gasteiger partial charge in [-0.3, -0.25) is 38.7 Å². The molecule has 0 unspecified atom stereocenters. The maximum absolute atomic E-state index is 13.9. The van der Waals surface area contributed by atoms with E-state index in [-0.39, 0.29) is 42.7 Å². The highest BCUT2D eigenvalue weighted by atomic mass is 16.3. The molecule has 290 valence electrons. The van der Waals surface area contributed by atoms with Gasteiger partial charge in [0, 0.05) is 31.5 Å². The van der Waals surface area contributed by atoms with Gasteiger partial charge in [0.25, 0.3) is 5.91 Å². The first-order valence-corrected chi connectivity index (χ1v) is 18.1. The third kappa shape index (κ3) is 13.1. The predicted molar refractivity (Wildman–Crippen MR) is 195 cm³/mol. The lowest BCUT2D eigenvalue weighted by Crippen LogP contribution is -2.61. The average Bonchev–Trinajstić information content (AvgIpc) is 3.60. The van der Waals surface area contributed by atoms with Crippen molar-refractivity contribution >= 4 is 41.4 Å². The predicted octanol–water partition coefficient (Wildman–Crippen LogP) is -0.649. The number of likely N-dealkylation sites (tertiary alicyclic amines) is 1. The fraction of sp³-hybridized carbons (Fsp3) is 0.657. The van der Waals surface area contributed by atoms with Gasteiger partial charge in [0.05, 0.1) is 11.7 Å². The van der Waals surface area contributed by atoms with E-state index in [0.717, 1.165) is 0 Å². The van der Waals surface area contributed by atoms with Gasteiger partial charge in [-0.15, -0.1) is 0 Å². The number of nitrogens with one attached hydrogen (secondary N) is 5. The van der Waals surface area contributed by atoms with Crippen LogP contribution in [0, 0.1) is 12.8 Å². The lowest BCUT2D eigenvalue weighted by atomic mass is 9.96. The molecule has 0 spiro atoms. The summed E-state index contributed by atoms with van der Waals surface area (Å²) in [5.74, 6) is -3.88. The van der Waals surface area contributed by atoms with Crippen LogP contribution in [0.4, 0.5) is 0 Å². The minimum atomic E-state index is -1.39. The normalized spacial score (nSPS) is 17.4. The van der Waals surface area contributed by atoms with Gasteiger partial charge in [0.1, 0.15) is 30.2 Å². The van der Waals surface area contributed by atoms with Gasteiger partial charge >= 0.3 is 0 Å². The zero-order chi connectivity index (χ0) is 39.0. The number of hydrogen-bond donors (Lipinski definition) is 8. The van der Waals surface area contributed by atoms with Crippen molar-refractivity contribution in [1.29, 1.82) is 0 Å². The number of aromatic nitrogens is 1. The number of aliphatic imine (C=N–C) groups is 1. The van der Waals surface area contributed by atoms with Crippen LogP contribution in [0.25, 0.3) is 0 Å². The van der Waals surface area contributed by atoms with Gasteiger partial charge in [-0.05, 0) is 70.9 Å². The van der Waals surface area contributed by atoms with Crippen LogP contribution in [0.3, 0.4) is 0 Å². The van der Waals surface area contributed by atoms with Gasteiger partial charge < -0.3 is 48.1 Å². The molecule has 0 aromatic carbocycles. The van der Waals surface area contributed by atoms with E-state index in [1.54, 1.807) is 26.8 Å². The number of likely N-dealkylation sites (N-methyl/N-ethyl adjacent to an activating group) is 1. The van der Waals surface area contributed by atoms with E-state index in [9.17, 15) is 33.9 Å². The SMILES string of the molecule is CCC[C@H](NC(=O)[C@@H](NC(=O)c1ccc(C)nc1)[C@@H](C)O)C(=O)N[C@H](C(=O)N[C@@H](CCCN=C(N)N)C(=O)N1CCC[C@H]1C(=O)NCC)[C@@H](C)CC. The maximum atomic E-state index is 13.9. The first kappa shape index (κ1) is 43.4. The average molecular weight is 731 g/mol. The van der Waals surface area contributed by atoms with Crippen molar-refractivity contribution in [2.45, 2.75) is 123 Å². The second kappa shape index (κ2) is 21.5. The third-order valence-corrected chi connectivity index (χ3v) is 8.98.